The van der Waals surface area contributed by atoms with E-state index >= 15 is 0 Å². The van der Waals surface area contributed by atoms with Crippen LogP contribution in [0.5, 0.6) is 0 Å². The first-order valence-corrected chi connectivity index (χ1v) is 17.5. The summed E-state index contributed by atoms with van der Waals surface area (Å²) in [5.41, 5.74) is 9.04. The number of hydrogen-bond donors (Lipinski definition) is 0. The molecule has 46 heavy (non-hydrogen) atoms. The molecule has 0 spiro atoms. The highest BCUT2D eigenvalue weighted by Gasteiger charge is 2.36. The van der Waals surface area contributed by atoms with Crippen molar-refractivity contribution in [1.82, 2.24) is 0 Å². The Labute approximate surface area is 275 Å². The standard InChI is InChI=1S/C43H29NS2/c1-43(2)35-17-7-5-13-29(35)30-24-22-27(25-36(30)43)44(37-18-9-15-32-31-14-6-8-20-39(31)45-41(32)37)38-19-10-16-33-34-23-21-26-11-3-4-12-28(26)40(34)46-42(33)38/h3-25H,1-2H3. The Kier molecular flexibility index (Phi) is 5.44. The lowest BCUT2D eigenvalue weighted by atomic mass is 9.82. The van der Waals surface area contributed by atoms with Crippen molar-refractivity contribution in [3.63, 3.8) is 0 Å². The monoisotopic (exact) mass is 623 g/mol. The SMILES string of the molecule is CC1(C)c2ccccc2-c2ccc(N(c3cccc4c3sc3ccccc34)c3cccc4c3sc3c5ccccc5ccc43)cc21. The predicted octanol–water partition coefficient (Wildman–Crippen LogP) is 13.4. The van der Waals surface area contributed by atoms with Crippen LogP contribution in [0, 0.1) is 0 Å². The van der Waals surface area contributed by atoms with Gasteiger partial charge in [0.15, 0.2) is 0 Å². The Morgan fingerprint density at radius 2 is 1.09 bits per heavy atom. The van der Waals surface area contributed by atoms with Gasteiger partial charge in [-0.05, 0) is 63.4 Å². The van der Waals surface area contributed by atoms with Crippen LogP contribution in [0.2, 0.25) is 0 Å². The summed E-state index contributed by atoms with van der Waals surface area (Å²) in [6, 6.07) is 51.9. The lowest BCUT2D eigenvalue weighted by Crippen LogP contribution is -2.16. The van der Waals surface area contributed by atoms with Crippen LogP contribution in [0.3, 0.4) is 0 Å². The molecule has 0 saturated heterocycles. The molecular formula is C43H29NS2. The maximum Gasteiger partial charge on any atom is 0.0640 e. The maximum atomic E-state index is 2.54. The van der Waals surface area contributed by atoms with E-state index in [-0.39, 0.29) is 5.41 Å². The van der Waals surface area contributed by atoms with Crippen molar-refractivity contribution in [2.45, 2.75) is 19.3 Å². The summed E-state index contributed by atoms with van der Waals surface area (Å²) in [5.74, 6) is 0. The summed E-state index contributed by atoms with van der Waals surface area (Å²) in [7, 11) is 0. The molecule has 1 aliphatic rings. The highest BCUT2D eigenvalue weighted by atomic mass is 32.1. The lowest BCUT2D eigenvalue weighted by molar-refractivity contribution is 0.660. The average molecular weight is 624 g/mol. The van der Waals surface area contributed by atoms with E-state index in [9.17, 15) is 0 Å². The van der Waals surface area contributed by atoms with Crippen molar-refractivity contribution in [3.05, 3.63) is 151 Å². The Bertz CT molecular complexity index is 2690. The quantitative estimate of drug-likeness (QED) is 0.189. The fourth-order valence-electron chi connectivity index (χ4n) is 7.84. The fraction of sp³-hybridized carbons (Fsp3) is 0.0698. The molecule has 0 amide bonds. The first-order chi connectivity index (χ1) is 22.6. The second kappa shape index (κ2) is 9.53. The van der Waals surface area contributed by atoms with Crippen LogP contribution in [0.25, 0.3) is 62.2 Å². The topological polar surface area (TPSA) is 3.24 Å². The van der Waals surface area contributed by atoms with Gasteiger partial charge in [-0.3, -0.25) is 0 Å². The summed E-state index contributed by atoms with van der Waals surface area (Å²) in [5, 5.41) is 7.88. The molecule has 0 aliphatic heterocycles. The number of thiophene rings is 2. The zero-order valence-electron chi connectivity index (χ0n) is 25.5. The largest absolute Gasteiger partial charge is 0.308 e. The highest BCUT2D eigenvalue weighted by Crippen LogP contribution is 2.53. The van der Waals surface area contributed by atoms with Gasteiger partial charge in [-0.25, -0.2) is 0 Å². The molecule has 1 aliphatic carbocycles. The number of hydrogen-bond acceptors (Lipinski definition) is 3. The Balaban J connectivity index is 1.29. The Hall–Kier alpha value is -4.96. The lowest BCUT2D eigenvalue weighted by Gasteiger charge is -2.29. The normalized spacial score (nSPS) is 13.6. The number of benzene rings is 7. The molecule has 10 rings (SSSR count). The first kappa shape index (κ1) is 26.3. The van der Waals surface area contributed by atoms with Crippen LogP contribution in [-0.2, 0) is 5.41 Å². The Morgan fingerprint density at radius 3 is 1.93 bits per heavy atom. The van der Waals surface area contributed by atoms with Crippen molar-refractivity contribution in [2.75, 3.05) is 4.90 Å². The third-order valence-corrected chi connectivity index (χ3v) is 12.5. The molecule has 7 aromatic carbocycles. The van der Waals surface area contributed by atoms with Crippen molar-refractivity contribution in [2.24, 2.45) is 0 Å². The molecule has 9 aromatic rings. The summed E-state index contributed by atoms with van der Waals surface area (Å²) in [6.07, 6.45) is 0. The van der Waals surface area contributed by atoms with Crippen LogP contribution in [0.15, 0.2) is 140 Å². The summed E-state index contributed by atoms with van der Waals surface area (Å²) in [6.45, 7) is 4.74. The van der Waals surface area contributed by atoms with Gasteiger partial charge in [0.25, 0.3) is 0 Å². The van der Waals surface area contributed by atoms with Gasteiger partial charge in [-0.2, -0.15) is 0 Å². The minimum Gasteiger partial charge on any atom is -0.308 e. The fourth-order valence-corrected chi connectivity index (χ4v) is 10.4. The second-order valence-corrected chi connectivity index (χ2v) is 15.0. The van der Waals surface area contributed by atoms with Gasteiger partial charge in [0.2, 0.25) is 0 Å². The number of rotatable bonds is 3. The van der Waals surface area contributed by atoms with Crippen molar-refractivity contribution in [1.29, 1.82) is 0 Å². The van der Waals surface area contributed by atoms with Crippen LogP contribution >= 0.6 is 22.7 Å². The molecule has 0 N–H and O–H groups in total. The molecule has 218 valence electrons. The minimum absolute atomic E-state index is 0.0836. The van der Waals surface area contributed by atoms with Crippen LogP contribution in [0.1, 0.15) is 25.0 Å². The molecule has 0 saturated carbocycles. The average Bonchev–Trinajstić information content (AvgIpc) is 3.74. The molecule has 0 unspecified atom stereocenters. The molecule has 0 atom stereocenters. The van der Waals surface area contributed by atoms with Crippen LogP contribution < -0.4 is 4.90 Å². The first-order valence-electron chi connectivity index (χ1n) is 15.9. The zero-order chi connectivity index (χ0) is 30.6. The van der Waals surface area contributed by atoms with E-state index in [2.05, 4.69) is 158 Å². The van der Waals surface area contributed by atoms with Gasteiger partial charge in [-0.1, -0.05) is 123 Å². The maximum absolute atomic E-state index is 2.54. The van der Waals surface area contributed by atoms with Gasteiger partial charge in [-0.15, -0.1) is 22.7 Å². The molecule has 3 heteroatoms. The molecule has 0 bridgehead atoms. The van der Waals surface area contributed by atoms with Gasteiger partial charge in [0.05, 0.1) is 20.8 Å². The Morgan fingerprint density at radius 1 is 0.457 bits per heavy atom. The van der Waals surface area contributed by atoms with E-state index < -0.39 is 0 Å². The summed E-state index contributed by atoms with van der Waals surface area (Å²) in [4.78, 5) is 2.54. The van der Waals surface area contributed by atoms with Crippen LogP contribution in [-0.4, -0.2) is 0 Å². The van der Waals surface area contributed by atoms with E-state index in [0.29, 0.717) is 0 Å². The van der Waals surface area contributed by atoms with Crippen molar-refractivity contribution in [3.8, 4) is 11.1 Å². The van der Waals surface area contributed by atoms with Gasteiger partial charge >= 0.3 is 0 Å². The number of anilines is 3. The van der Waals surface area contributed by atoms with Crippen LogP contribution in [0.4, 0.5) is 17.1 Å². The third kappa shape index (κ3) is 3.56. The summed E-state index contributed by atoms with van der Waals surface area (Å²) < 4.78 is 5.30. The highest BCUT2D eigenvalue weighted by molar-refractivity contribution is 7.27. The predicted molar refractivity (Wildman–Crippen MR) is 202 cm³/mol. The molecule has 1 nitrogen and oxygen atoms in total. The smallest absolute Gasteiger partial charge is 0.0640 e. The van der Waals surface area contributed by atoms with Gasteiger partial charge in [0.1, 0.15) is 0 Å². The molecule has 0 fully saturated rings. The van der Waals surface area contributed by atoms with E-state index in [1.54, 1.807) is 0 Å². The second-order valence-electron chi connectivity index (χ2n) is 12.9. The summed E-state index contributed by atoms with van der Waals surface area (Å²) >= 11 is 3.82. The van der Waals surface area contributed by atoms with Gasteiger partial charge in [0, 0.05) is 42.0 Å². The van der Waals surface area contributed by atoms with Crippen molar-refractivity contribution >= 4 is 90.9 Å². The van der Waals surface area contributed by atoms with Crippen molar-refractivity contribution < 1.29 is 0 Å². The molecule has 0 radical (unpaired) electrons. The molecule has 2 aromatic heterocycles. The van der Waals surface area contributed by atoms with E-state index in [1.165, 1.54) is 90.4 Å². The minimum atomic E-state index is -0.0836. The number of fused-ring (bicyclic) bond motifs is 11. The molecular weight excluding hydrogens is 595 g/mol. The zero-order valence-corrected chi connectivity index (χ0v) is 27.2. The van der Waals surface area contributed by atoms with Gasteiger partial charge < -0.3 is 4.90 Å². The third-order valence-electron chi connectivity index (χ3n) is 10.1. The van der Waals surface area contributed by atoms with E-state index in [0.717, 1.165) is 0 Å². The van der Waals surface area contributed by atoms with E-state index in [1.807, 2.05) is 22.7 Å². The number of nitrogens with zero attached hydrogens (tertiary/aromatic N) is 1. The molecule has 2 heterocycles. The van der Waals surface area contributed by atoms with E-state index in [4.69, 9.17) is 0 Å².